The standard InChI is InChI=1S/C16H26N4O/c1-3-20-15(21)6-4-7-16(20)8-5-9-19(12-16)11-14-10-17-13-18(14)2/h10,13H,3-9,11-12H2,1-2H3/t16-/m1/s1. The highest BCUT2D eigenvalue weighted by Gasteiger charge is 2.44. The van der Waals surface area contributed by atoms with E-state index < -0.39 is 0 Å². The third-order valence-corrected chi connectivity index (χ3v) is 5.16. The van der Waals surface area contributed by atoms with Gasteiger partial charge >= 0.3 is 0 Å². The predicted octanol–water partition coefficient (Wildman–Crippen LogP) is 1.79. The zero-order chi connectivity index (χ0) is 14.9. The summed E-state index contributed by atoms with van der Waals surface area (Å²) in [4.78, 5) is 21.1. The second kappa shape index (κ2) is 5.79. The monoisotopic (exact) mass is 290 g/mol. The summed E-state index contributed by atoms with van der Waals surface area (Å²) in [6.07, 6.45) is 9.10. The summed E-state index contributed by atoms with van der Waals surface area (Å²) in [5, 5.41) is 0. The van der Waals surface area contributed by atoms with Gasteiger partial charge in [-0.15, -0.1) is 0 Å². The summed E-state index contributed by atoms with van der Waals surface area (Å²) in [5.74, 6) is 0.353. The molecule has 1 spiro atoms. The first-order valence-electron chi connectivity index (χ1n) is 8.13. The lowest BCUT2D eigenvalue weighted by Crippen LogP contribution is -2.62. The molecule has 2 aliphatic heterocycles. The van der Waals surface area contributed by atoms with E-state index in [4.69, 9.17) is 0 Å². The number of carbonyl (C=O) groups excluding carboxylic acids is 1. The van der Waals surface area contributed by atoms with Crippen LogP contribution in [0.3, 0.4) is 0 Å². The number of imidazole rings is 1. The minimum Gasteiger partial charge on any atom is -0.337 e. The Kier molecular flexibility index (Phi) is 4.02. The number of likely N-dealkylation sites (N-methyl/N-ethyl adjacent to an activating group) is 1. The van der Waals surface area contributed by atoms with Crippen molar-refractivity contribution >= 4 is 5.91 Å². The number of rotatable bonds is 3. The Labute approximate surface area is 126 Å². The predicted molar refractivity (Wildman–Crippen MR) is 81.7 cm³/mol. The first-order valence-corrected chi connectivity index (χ1v) is 8.13. The molecule has 1 aromatic heterocycles. The van der Waals surface area contributed by atoms with Crippen molar-refractivity contribution in [3.05, 3.63) is 18.2 Å². The minimum absolute atomic E-state index is 0.0843. The Balaban J connectivity index is 1.75. The average Bonchev–Trinajstić information content (AvgIpc) is 2.85. The maximum Gasteiger partial charge on any atom is 0.223 e. The van der Waals surface area contributed by atoms with Crippen LogP contribution in [0.5, 0.6) is 0 Å². The smallest absolute Gasteiger partial charge is 0.223 e. The van der Waals surface area contributed by atoms with Crippen LogP contribution in [0, 0.1) is 0 Å². The Morgan fingerprint density at radius 3 is 2.86 bits per heavy atom. The maximum absolute atomic E-state index is 12.3. The van der Waals surface area contributed by atoms with Crippen molar-refractivity contribution in [2.24, 2.45) is 7.05 Å². The van der Waals surface area contributed by atoms with Gasteiger partial charge in [0.15, 0.2) is 0 Å². The molecule has 3 heterocycles. The molecule has 2 saturated heterocycles. The molecule has 1 atom stereocenters. The van der Waals surface area contributed by atoms with E-state index in [1.807, 2.05) is 19.6 Å². The van der Waals surface area contributed by atoms with E-state index in [0.29, 0.717) is 5.91 Å². The zero-order valence-electron chi connectivity index (χ0n) is 13.2. The first-order chi connectivity index (χ1) is 10.1. The van der Waals surface area contributed by atoms with Crippen molar-refractivity contribution in [3.63, 3.8) is 0 Å². The topological polar surface area (TPSA) is 41.4 Å². The number of piperidine rings is 2. The van der Waals surface area contributed by atoms with E-state index in [1.54, 1.807) is 0 Å². The van der Waals surface area contributed by atoms with Crippen LogP contribution in [0.15, 0.2) is 12.5 Å². The van der Waals surface area contributed by atoms with Crippen LogP contribution < -0.4 is 0 Å². The van der Waals surface area contributed by atoms with E-state index in [2.05, 4.69) is 26.3 Å². The van der Waals surface area contributed by atoms with E-state index in [-0.39, 0.29) is 5.54 Å². The molecule has 0 saturated carbocycles. The Morgan fingerprint density at radius 1 is 1.33 bits per heavy atom. The molecule has 2 aliphatic rings. The molecule has 5 nitrogen and oxygen atoms in total. The second-order valence-electron chi connectivity index (χ2n) is 6.53. The van der Waals surface area contributed by atoms with E-state index >= 15 is 0 Å². The van der Waals surface area contributed by atoms with Gasteiger partial charge in [-0.2, -0.15) is 0 Å². The number of amides is 1. The van der Waals surface area contributed by atoms with Gasteiger partial charge in [0, 0.05) is 39.3 Å². The average molecular weight is 290 g/mol. The molecule has 116 valence electrons. The zero-order valence-corrected chi connectivity index (χ0v) is 13.2. The number of hydrogen-bond acceptors (Lipinski definition) is 3. The van der Waals surface area contributed by atoms with Gasteiger partial charge in [0.1, 0.15) is 0 Å². The fourth-order valence-electron chi connectivity index (χ4n) is 4.15. The van der Waals surface area contributed by atoms with Gasteiger partial charge in [-0.25, -0.2) is 4.98 Å². The quantitative estimate of drug-likeness (QED) is 0.852. The molecule has 21 heavy (non-hydrogen) atoms. The van der Waals surface area contributed by atoms with Gasteiger partial charge < -0.3 is 9.47 Å². The highest BCUT2D eigenvalue weighted by atomic mass is 16.2. The van der Waals surface area contributed by atoms with Crippen LogP contribution in [0.4, 0.5) is 0 Å². The molecule has 0 radical (unpaired) electrons. The van der Waals surface area contributed by atoms with Crippen LogP contribution in [0.2, 0.25) is 0 Å². The molecule has 0 aliphatic carbocycles. The number of carbonyl (C=O) groups is 1. The lowest BCUT2D eigenvalue weighted by molar-refractivity contribution is -0.145. The first kappa shape index (κ1) is 14.6. The summed E-state index contributed by atoms with van der Waals surface area (Å²) in [7, 11) is 2.05. The fourth-order valence-corrected chi connectivity index (χ4v) is 4.15. The number of aromatic nitrogens is 2. The van der Waals surface area contributed by atoms with Crippen LogP contribution in [0.25, 0.3) is 0 Å². The summed E-state index contributed by atoms with van der Waals surface area (Å²) in [5.41, 5.74) is 1.33. The summed E-state index contributed by atoms with van der Waals surface area (Å²) < 4.78 is 2.09. The van der Waals surface area contributed by atoms with Gasteiger partial charge in [-0.05, 0) is 39.2 Å². The molecule has 1 amide bonds. The number of likely N-dealkylation sites (tertiary alicyclic amines) is 2. The molecular weight excluding hydrogens is 264 g/mol. The molecule has 0 bridgehead atoms. The summed E-state index contributed by atoms with van der Waals surface area (Å²) >= 11 is 0. The van der Waals surface area contributed by atoms with Crippen LogP contribution >= 0.6 is 0 Å². The molecule has 0 unspecified atom stereocenters. The summed E-state index contributed by atoms with van der Waals surface area (Å²) in [6.45, 7) is 6.03. The molecule has 0 aromatic carbocycles. The Hall–Kier alpha value is -1.36. The van der Waals surface area contributed by atoms with Crippen LogP contribution in [0.1, 0.15) is 44.7 Å². The molecule has 2 fully saturated rings. The van der Waals surface area contributed by atoms with Gasteiger partial charge in [0.05, 0.1) is 17.6 Å². The van der Waals surface area contributed by atoms with Crippen molar-refractivity contribution in [2.75, 3.05) is 19.6 Å². The molecular formula is C16H26N4O. The van der Waals surface area contributed by atoms with Crippen molar-refractivity contribution in [1.29, 1.82) is 0 Å². The highest BCUT2D eigenvalue weighted by Crippen LogP contribution is 2.36. The van der Waals surface area contributed by atoms with E-state index in [0.717, 1.165) is 51.9 Å². The SMILES string of the molecule is CCN1C(=O)CCC[C@]12CCCN(Cc1cncn1C)C2. The van der Waals surface area contributed by atoms with Crippen molar-refractivity contribution in [3.8, 4) is 0 Å². The molecule has 1 aromatic rings. The highest BCUT2D eigenvalue weighted by molar-refractivity contribution is 5.78. The number of aryl methyl sites for hydroxylation is 1. The largest absolute Gasteiger partial charge is 0.337 e. The second-order valence-corrected chi connectivity index (χ2v) is 6.53. The lowest BCUT2D eigenvalue weighted by Gasteiger charge is -2.52. The number of hydrogen-bond donors (Lipinski definition) is 0. The Morgan fingerprint density at radius 2 is 2.14 bits per heavy atom. The normalized spacial score (nSPS) is 27.5. The van der Waals surface area contributed by atoms with Gasteiger partial charge in [-0.3, -0.25) is 9.69 Å². The number of nitrogens with zero attached hydrogens (tertiary/aromatic N) is 4. The van der Waals surface area contributed by atoms with Crippen molar-refractivity contribution in [2.45, 2.75) is 51.1 Å². The fraction of sp³-hybridized carbons (Fsp3) is 0.750. The molecule has 3 rings (SSSR count). The van der Waals surface area contributed by atoms with E-state index in [9.17, 15) is 4.79 Å². The van der Waals surface area contributed by atoms with Crippen molar-refractivity contribution in [1.82, 2.24) is 19.4 Å². The van der Waals surface area contributed by atoms with Crippen LogP contribution in [-0.4, -0.2) is 50.4 Å². The van der Waals surface area contributed by atoms with Crippen LogP contribution in [-0.2, 0) is 18.4 Å². The molecule has 0 N–H and O–H groups in total. The van der Waals surface area contributed by atoms with E-state index in [1.165, 1.54) is 12.1 Å². The Bertz CT molecular complexity index is 508. The van der Waals surface area contributed by atoms with Gasteiger partial charge in [0.2, 0.25) is 5.91 Å². The third-order valence-electron chi connectivity index (χ3n) is 5.16. The van der Waals surface area contributed by atoms with Gasteiger partial charge in [-0.1, -0.05) is 0 Å². The maximum atomic E-state index is 12.3. The third kappa shape index (κ3) is 2.71. The molecule has 5 heteroatoms. The minimum atomic E-state index is 0.0843. The van der Waals surface area contributed by atoms with Crippen molar-refractivity contribution < 1.29 is 4.79 Å². The lowest BCUT2D eigenvalue weighted by atomic mass is 9.79. The van der Waals surface area contributed by atoms with Gasteiger partial charge in [0.25, 0.3) is 0 Å². The summed E-state index contributed by atoms with van der Waals surface area (Å²) in [6, 6.07) is 0.